The van der Waals surface area contributed by atoms with Crippen LogP contribution >= 0.6 is 0 Å². The molecule has 3 fully saturated rings. The minimum absolute atomic E-state index is 0.289. The van der Waals surface area contributed by atoms with Crippen LogP contribution in [0.2, 0.25) is 0 Å². The van der Waals surface area contributed by atoms with E-state index in [1.807, 2.05) is 0 Å². The van der Waals surface area contributed by atoms with Crippen molar-refractivity contribution >= 4 is 23.9 Å². The average Bonchev–Trinajstić information content (AvgIpc) is 2.61. The predicted molar refractivity (Wildman–Crippen MR) is 54.6 cm³/mol. The van der Waals surface area contributed by atoms with Gasteiger partial charge in [-0.2, -0.15) is 0 Å². The summed E-state index contributed by atoms with van der Waals surface area (Å²) in [5.41, 5.74) is -2.37. The third kappa shape index (κ3) is 0.795. The summed E-state index contributed by atoms with van der Waals surface area (Å²) >= 11 is 0. The van der Waals surface area contributed by atoms with Crippen LogP contribution in [0.1, 0.15) is 26.7 Å². The van der Waals surface area contributed by atoms with Crippen LogP contribution in [-0.4, -0.2) is 23.9 Å². The highest BCUT2D eigenvalue weighted by atomic mass is 16.6. The van der Waals surface area contributed by atoms with Crippen LogP contribution in [-0.2, 0) is 28.7 Å². The molecule has 0 aromatic heterocycles. The van der Waals surface area contributed by atoms with Gasteiger partial charge in [-0.3, -0.25) is 19.2 Å². The smallest absolute Gasteiger partial charge is 0.321 e. The van der Waals surface area contributed by atoms with Crippen molar-refractivity contribution in [1.29, 1.82) is 0 Å². The zero-order valence-electron chi connectivity index (χ0n) is 10.0. The summed E-state index contributed by atoms with van der Waals surface area (Å²) in [6.07, 6.45) is 0.577. The van der Waals surface area contributed by atoms with E-state index in [9.17, 15) is 19.2 Å². The summed E-state index contributed by atoms with van der Waals surface area (Å²) in [5.74, 6) is -4.52. The second-order valence-electron chi connectivity index (χ2n) is 5.07. The first kappa shape index (κ1) is 11.4. The first-order chi connectivity index (χ1) is 8.46. The molecule has 0 atom stereocenters. The Morgan fingerprint density at radius 1 is 0.833 bits per heavy atom. The molecule has 2 aliphatic heterocycles. The molecule has 2 heterocycles. The van der Waals surface area contributed by atoms with Crippen LogP contribution in [0, 0.1) is 22.7 Å². The molecule has 3 rings (SSSR count). The van der Waals surface area contributed by atoms with Gasteiger partial charge in [0.25, 0.3) is 0 Å². The maximum atomic E-state index is 11.9. The lowest BCUT2D eigenvalue weighted by atomic mass is 9.39. The van der Waals surface area contributed by atoms with Gasteiger partial charge < -0.3 is 9.47 Å². The molecule has 0 unspecified atom stereocenters. The largest absolute Gasteiger partial charge is 0.392 e. The van der Waals surface area contributed by atoms with Gasteiger partial charge in [-0.05, 0) is 12.8 Å². The maximum absolute atomic E-state index is 11.9. The lowest BCUT2D eigenvalue weighted by Crippen LogP contribution is -2.67. The Kier molecular flexibility index (Phi) is 1.89. The molecule has 0 aromatic carbocycles. The topological polar surface area (TPSA) is 86.7 Å². The number of rotatable bonds is 2. The van der Waals surface area contributed by atoms with Crippen molar-refractivity contribution in [3.63, 3.8) is 0 Å². The Morgan fingerprint density at radius 2 is 1.17 bits per heavy atom. The predicted octanol–water partition coefficient (Wildman–Crippen LogP) is 0.192. The third-order valence-electron chi connectivity index (χ3n) is 4.85. The summed E-state index contributed by atoms with van der Waals surface area (Å²) in [6, 6.07) is 0. The van der Waals surface area contributed by atoms with Gasteiger partial charge >= 0.3 is 23.9 Å². The highest BCUT2D eigenvalue weighted by Gasteiger charge is 2.87. The van der Waals surface area contributed by atoms with E-state index in [1.165, 1.54) is 0 Å². The van der Waals surface area contributed by atoms with Crippen LogP contribution in [0.25, 0.3) is 0 Å². The van der Waals surface area contributed by atoms with Crippen molar-refractivity contribution in [1.82, 2.24) is 0 Å². The average molecular weight is 252 g/mol. The van der Waals surface area contributed by atoms with Gasteiger partial charge in [0, 0.05) is 0 Å². The standard InChI is InChI=1S/C12H12O6/c1-3-11-5(7(13)17-9(11)15)12(4-2)6(11)8(14)18-10(12)16/h5-6H,3-4H2,1-2H3. The number of esters is 4. The molecule has 3 aliphatic rings. The summed E-state index contributed by atoms with van der Waals surface area (Å²) in [4.78, 5) is 47.4. The van der Waals surface area contributed by atoms with E-state index >= 15 is 0 Å². The van der Waals surface area contributed by atoms with Crippen LogP contribution in [0.5, 0.6) is 0 Å². The lowest BCUT2D eigenvalue weighted by Gasteiger charge is -2.54. The van der Waals surface area contributed by atoms with Crippen LogP contribution in [0.15, 0.2) is 0 Å². The molecule has 1 saturated carbocycles. The molecule has 6 nitrogen and oxygen atoms in total. The second-order valence-corrected chi connectivity index (χ2v) is 5.07. The van der Waals surface area contributed by atoms with Crippen molar-refractivity contribution in [3.05, 3.63) is 0 Å². The maximum Gasteiger partial charge on any atom is 0.321 e. The van der Waals surface area contributed by atoms with Crippen molar-refractivity contribution in [2.75, 3.05) is 0 Å². The van der Waals surface area contributed by atoms with Crippen LogP contribution < -0.4 is 0 Å². The first-order valence-corrected chi connectivity index (χ1v) is 5.99. The van der Waals surface area contributed by atoms with E-state index in [4.69, 9.17) is 0 Å². The summed E-state index contributed by atoms with van der Waals surface area (Å²) in [7, 11) is 0. The fourth-order valence-corrected chi connectivity index (χ4v) is 4.06. The molecule has 0 bridgehead atoms. The normalized spacial score (nSPS) is 45.2. The van der Waals surface area contributed by atoms with E-state index < -0.39 is 46.5 Å². The molecule has 18 heavy (non-hydrogen) atoms. The van der Waals surface area contributed by atoms with Crippen molar-refractivity contribution in [2.45, 2.75) is 26.7 Å². The Bertz CT molecular complexity index is 451. The van der Waals surface area contributed by atoms with Crippen molar-refractivity contribution in [2.24, 2.45) is 22.7 Å². The molecule has 2 saturated heterocycles. The number of carbonyl (C=O) groups is 4. The van der Waals surface area contributed by atoms with Gasteiger partial charge in [0.1, 0.15) is 0 Å². The van der Waals surface area contributed by atoms with E-state index in [2.05, 4.69) is 9.47 Å². The fourth-order valence-electron chi connectivity index (χ4n) is 4.06. The van der Waals surface area contributed by atoms with Crippen LogP contribution in [0.3, 0.4) is 0 Å². The molecule has 96 valence electrons. The highest BCUT2D eigenvalue weighted by molar-refractivity contribution is 6.14. The number of ether oxygens (including phenoxy) is 2. The highest BCUT2D eigenvalue weighted by Crippen LogP contribution is 2.73. The SMILES string of the molecule is CCC12C(=O)OC(=O)C1C1(CC)C(=O)OC(=O)C21. The van der Waals surface area contributed by atoms with Gasteiger partial charge in [0.05, 0.1) is 22.7 Å². The molecule has 0 aromatic rings. The van der Waals surface area contributed by atoms with E-state index in [0.717, 1.165) is 0 Å². The van der Waals surface area contributed by atoms with E-state index in [0.29, 0.717) is 0 Å². The number of hydrogen-bond acceptors (Lipinski definition) is 6. The summed E-state index contributed by atoms with van der Waals surface area (Å²) in [5, 5.41) is 0. The molecular weight excluding hydrogens is 240 g/mol. The van der Waals surface area contributed by atoms with Gasteiger partial charge in [0.2, 0.25) is 0 Å². The molecule has 0 spiro atoms. The molecule has 0 N–H and O–H groups in total. The fraction of sp³-hybridized carbons (Fsp3) is 0.667. The minimum Gasteiger partial charge on any atom is -0.392 e. The minimum atomic E-state index is -1.18. The van der Waals surface area contributed by atoms with E-state index in [1.54, 1.807) is 13.8 Å². The molecule has 0 amide bonds. The lowest BCUT2D eigenvalue weighted by molar-refractivity contribution is -0.188. The van der Waals surface area contributed by atoms with Crippen LogP contribution in [0.4, 0.5) is 0 Å². The summed E-state index contributed by atoms with van der Waals surface area (Å²) in [6.45, 7) is 3.42. The number of cyclic esters (lactones) is 4. The molecule has 0 radical (unpaired) electrons. The Balaban J connectivity index is 2.22. The summed E-state index contributed by atoms with van der Waals surface area (Å²) < 4.78 is 9.33. The number of fused-ring (bicyclic) bond motifs is 4. The Morgan fingerprint density at radius 3 is 1.44 bits per heavy atom. The Labute approximate surface area is 103 Å². The second kappa shape index (κ2) is 2.99. The first-order valence-electron chi connectivity index (χ1n) is 5.99. The number of hydrogen-bond donors (Lipinski definition) is 0. The number of carbonyl (C=O) groups excluding carboxylic acids is 4. The van der Waals surface area contributed by atoms with Gasteiger partial charge in [-0.15, -0.1) is 0 Å². The van der Waals surface area contributed by atoms with Crippen molar-refractivity contribution in [3.8, 4) is 0 Å². The quantitative estimate of drug-likeness (QED) is 0.515. The zero-order chi connectivity index (χ0) is 13.3. The van der Waals surface area contributed by atoms with Gasteiger partial charge in [-0.25, -0.2) is 0 Å². The van der Waals surface area contributed by atoms with Gasteiger partial charge in [0.15, 0.2) is 0 Å². The molecule has 6 heteroatoms. The van der Waals surface area contributed by atoms with Crippen molar-refractivity contribution < 1.29 is 28.7 Å². The third-order valence-corrected chi connectivity index (χ3v) is 4.85. The van der Waals surface area contributed by atoms with Gasteiger partial charge in [-0.1, -0.05) is 13.8 Å². The molecular formula is C12H12O6. The van der Waals surface area contributed by atoms with E-state index in [-0.39, 0.29) is 12.8 Å². The zero-order valence-corrected chi connectivity index (χ0v) is 10.0. The molecule has 1 aliphatic carbocycles. The monoisotopic (exact) mass is 252 g/mol. The Hall–Kier alpha value is -1.72.